The van der Waals surface area contributed by atoms with Crippen LogP contribution < -0.4 is 20.1 Å². The second-order valence-electron chi connectivity index (χ2n) is 5.49. The van der Waals surface area contributed by atoms with Gasteiger partial charge >= 0.3 is 0 Å². The van der Waals surface area contributed by atoms with E-state index in [1.54, 1.807) is 25.5 Å². The number of nitrogens with one attached hydrogen (secondary N) is 2. The molecule has 2 N–H and O–H groups in total. The Balaban J connectivity index is 1.77. The van der Waals surface area contributed by atoms with Crippen LogP contribution in [0.25, 0.3) is 0 Å². The van der Waals surface area contributed by atoms with Gasteiger partial charge in [0.15, 0.2) is 5.96 Å². The number of aryl methyl sites for hydroxylation is 1. The molecule has 0 aliphatic rings. The molecule has 0 radical (unpaired) electrons. The molecule has 2 rings (SSSR count). The Bertz CT molecular complexity index is 687. The fourth-order valence-corrected chi connectivity index (χ4v) is 2.96. The van der Waals surface area contributed by atoms with Crippen molar-refractivity contribution in [3.8, 4) is 11.5 Å². The minimum absolute atomic E-state index is 0.0165. The maximum atomic E-state index is 5.90. The molecule has 25 heavy (non-hydrogen) atoms. The van der Waals surface area contributed by atoms with Crippen molar-refractivity contribution in [2.24, 2.45) is 4.99 Å². The van der Waals surface area contributed by atoms with Gasteiger partial charge in [-0.1, -0.05) is 13.0 Å². The van der Waals surface area contributed by atoms with E-state index < -0.39 is 0 Å². The number of aliphatic imine (C=N–C) groups is 1. The van der Waals surface area contributed by atoms with Crippen LogP contribution in [0.15, 0.2) is 35.5 Å². The average Bonchev–Trinajstić information content (AvgIpc) is 3.10. The van der Waals surface area contributed by atoms with Gasteiger partial charge in [0.05, 0.1) is 20.2 Å². The number of nitrogens with zero attached hydrogens (tertiary/aromatic N) is 2. The van der Waals surface area contributed by atoms with Crippen LogP contribution in [0.3, 0.4) is 0 Å². The molecule has 0 fully saturated rings. The summed E-state index contributed by atoms with van der Waals surface area (Å²) in [4.78, 5) is 9.92. The van der Waals surface area contributed by atoms with Crippen LogP contribution in [-0.2, 0) is 13.0 Å². The van der Waals surface area contributed by atoms with Crippen LogP contribution in [0.1, 0.15) is 23.7 Å². The lowest BCUT2D eigenvalue weighted by Gasteiger charge is -2.17. The third-order valence-corrected chi connectivity index (χ3v) is 4.66. The second kappa shape index (κ2) is 9.88. The van der Waals surface area contributed by atoms with Crippen molar-refractivity contribution in [2.45, 2.75) is 32.9 Å². The number of aromatic nitrogens is 1. The molecule has 0 aliphatic carbocycles. The fraction of sp³-hybridized carbons (Fsp3) is 0.444. The zero-order valence-corrected chi connectivity index (χ0v) is 16.0. The Morgan fingerprint density at radius 1 is 1.32 bits per heavy atom. The molecule has 6 nitrogen and oxygen atoms in total. The number of benzene rings is 1. The van der Waals surface area contributed by atoms with Gasteiger partial charge in [0, 0.05) is 24.2 Å². The normalized spacial score (nSPS) is 12.6. The highest BCUT2D eigenvalue weighted by Gasteiger charge is 2.07. The molecule has 0 aliphatic heterocycles. The molecule has 1 heterocycles. The summed E-state index contributed by atoms with van der Waals surface area (Å²) >= 11 is 1.72. The van der Waals surface area contributed by atoms with E-state index in [1.807, 2.05) is 37.4 Å². The third kappa shape index (κ3) is 6.26. The number of rotatable bonds is 8. The molecule has 0 bridgehead atoms. The lowest BCUT2D eigenvalue weighted by atomic mass is 10.3. The van der Waals surface area contributed by atoms with Gasteiger partial charge in [-0.2, -0.15) is 0 Å². The predicted octanol–water partition coefficient (Wildman–Crippen LogP) is 2.85. The predicted molar refractivity (Wildman–Crippen MR) is 103 cm³/mol. The summed E-state index contributed by atoms with van der Waals surface area (Å²) in [6.45, 7) is 5.44. The van der Waals surface area contributed by atoms with Crippen molar-refractivity contribution in [1.29, 1.82) is 0 Å². The monoisotopic (exact) mass is 362 g/mol. The molecule has 7 heteroatoms. The quantitative estimate of drug-likeness (QED) is 0.558. The minimum Gasteiger partial charge on any atom is -0.497 e. The van der Waals surface area contributed by atoms with E-state index in [9.17, 15) is 0 Å². The van der Waals surface area contributed by atoms with Crippen LogP contribution in [0.5, 0.6) is 11.5 Å². The number of methoxy groups -OCH3 is 1. The van der Waals surface area contributed by atoms with Gasteiger partial charge in [0.2, 0.25) is 0 Å². The van der Waals surface area contributed by atoms with Crippen LogP contribution in [0.4, 0.5) is 0 Å². The highest BCUT2D eigenvalue weighted by molar-refractivity contribution is 7.11. The van der Waals surface area contributed by atoms with E-state index in [0.717, 1.165) is 28.9 Å². The highest BCUT2D eigenvalue weighted by Crippen LogP contribution is 2.19. The summed E-state index contributed by atoms with van der Waals surface area (Å²) in [5.41, 5.74) is 0. The van der Waals surface area contributed by atoms with Crippen molar-refractivity contribution in [3.05, 3.63) is 40.3 Å². The van der Waals surface area contributed by atoms with Crippen LogP contribution in [0.2, 0.25) is 0 Å². The molecule has 0 saturated carbocycles. The topological polar surface area (TPSA) is 67.8 Å². The number of guanidine groups is 1. The van der Waals surface area contributed by atoms with Gasteiger partial charge in [-0.25, -0.2) is 4.98 Å². The molecule has 1 unspecified atom stereocenters. The first-order valence-electron chi connectivity index (χ1n) is 8.33. The second-order valence-corrected chi connectivity index (χ2v) is 6.69. The minimum atomic E-state index is -0.0165. The first kappa shape index (κ1) is 19.1. The number of hydrogen-bond donors (Lipinski definition) is 2. The van der Waals surface area contributed by atoms with E-state index >= 15 is 0 Å². The van der Waals surface area contributed by atoms with Gasteiger partial charge < -0.3 is 20.1 Å². The number of ether oxygens (including phenoxy) is 2. The molecule has 2 aromatic rings. The Morgan fingerprint density at radius 2 is 2.12 bits per heavy atom. The third-order valence-electron chi connectivity index (χ3n) is 3.52. The number of thiazole rings is 1. The zero-order chi connectivity index (χ0) is 18.1. The number of hydrogen-bond acceptors (Lipinski definition) is 5. The van der Waals surface area contributed by atoms with E-state index in [2.05, 4.69) is 27.5 Å². The lowest BCUT2D eigenvalue weighted by Crippen LogP contribution is -2.41. The Morgan fingerprint density at radius 3 is 2.80 bits per heavy atom. The summed E-state index contributed by atoms with van der Waals surface area (Å²) in [6.07, 6.45) is 2.93. The van der Waals surface area contributed by atoms with E-state index in [1.165, 1.54) is 4.88 Å². The van der Waals surface area contributed by atoms with Crippen LogP contribution >= 0.6 is 11.3 Å². The van der Waals surface area contributed by atoms with Gasteiger partial charge in [-0.05, 0) is 25.5 Å². The van der Waals surface area contributed by atoms with Crippen LogP contribution in [-0.4, -0.2) is 37.7 Å². The maximum Gasteiger partial charge on any atom is 0.191 e. The van der Waals surface area contributed by atoms with Crippen molar-refractivity contribution >= 4 is 17.3 Å². The lowest BCUT2D eigenvalue weighted by molar-refractivity contribution is 0.223. The SMILES string of the molecule is CCc1cnc(CNC(=NC)NCC(C)Oc2cccc(OC)c2)s1. The maximum absolute atomic E-state index is 5.90. The molecule has 136 valence electrons. The highest BCUT2D eigenvalue weighted by atomic mass is 32.1. The van der Waals surface area contributed by atoms with Gasteiger partial charge in [-0.3, -0.25) is 4.99 Å². The summed E-state index contributed by atoms with van der Waals surface area (Å²) in [6, 6.07) is 7.59. The van der Waals surface area contributed by atoms with E-state index in [0.29, 0.717) is 13.1 Å². The smallest absolute Gasteiger partial charge is 0.191 e. The van der Waals surface area contributed by atoms with Crippen molar-refractivity contribution in [1.82, 2.24) is 15.6 Å². The Labute approximate surface area is 153 Å². The van der Waals surface area contributed by atoms with Gasteiger partial charge in [0.25, 0.3) is 0 Å². The van der Waals surface area contributed by atoms with Gasteiger partial charge in [0.1, 0.15) is 22.6 Å². The average molecular weight is 362 g/mol. The molecule has 1 aromatic carbocycles. The molecule has 1 aromatic heterocycles. The molecule has 0 saturated heterocycles. The Kier molecular flexibility index (Phi) is 7.53. The van der Waals surface area contributed by atoms with Crippen molar-refractivity contribution < 1.29 is 9.47 Å². The first-order chi connectivity index (χ1) is 12.1. The van der Waals surface area contributed by atoms with Crippen LogP contribution in [0, 0.1) is 0 Å². The molecule has 0 spiro atoms. The largest absolute Gasteiger partial charge is 0.497 e. The standard InChI is InChI=1S/C18H26N4O2S/c1-5-16-11-20-17(25-16)12-22-18(19-3)21-10-13(2)24-15-8-6-7-14(9-15)23-4/h6-9,11,13H,5,10,12H2,1-4H3,(H2,19,21,22). The summed E-state index contributed by atoms with van der Waals surface area (Å²) < 4.78 is 11.1. The zero-order valence-electron chi connectivity index (χ0n) is 15.2. The summed E-state index contributed by atoms with van der Waals surface area (Å²) in [7, 11) is 3.40. The summed E-state index contributed by atoms with van der Waals surface area (Å²) in [5.74, 6) is 2.30. The fourth-order valence-electron chi connectivity index (χ4n) is 2.16. The van der Waals surface area contributed by atoms with E-state index in [4.69, 9.17) is 9.47 Å². The van der Waals surface area contributed by atoms with Gasteiger partial charge in [-0.15, -0.1) is 11.3 Å². The van der Waals surface area contributed by atoms with Crippen molar-refractivity contribution in [2.75, 3.05) is 20.7 Å². The molecule has 0 amide bonds. The summed E-state index contributed by atoms with van der Waals surface area (Å²) in [5, 5.41) is 7.60. The molecular weight excluding hydrogens is 336 g/mol. The Hall–Kier alpha value is -2.28. The molecular formula is C18H26N4O2S. The van der Waals surface area contributed by atoms with E-state index in [-0.39, 0.29) is 6.10 Å². The van der Waals surface area contributed by atoms with Crippen molar-refractivity contribution in [3.63, 3.8) is 0 Å². The first-order valence-corrected chi connectivity index (χ1v) is 9.15. The molecule has 1 atom stereocenters.